The SMILES string of the molecule is COC(=O)c1c(CCOS(=O)(=O)c2ccc(C)cc2)c([N+](=O)[O-])cn1C. The van der Waals surface area contributed by atoms with Gasteiger partial charge in [-0.1, -0.05) is 17.7 Å². The van der Waals surface area contributed by atoms with E-state index in [0.29, 0.717) is 0 Å². The number of aromatic nitrogens is 1. The molecule has 0 radical (unpaired) electrons. The second-order valence-corrected chi connectivity index (χ2v) is 7.16. The van der Waals surface area contributed by atoms with E-state index in [1.54, 1.807) is 12.1 Å². The molecule has 0 amide bonds. The van der Waals surface area contributed by atoms with Gasteiger partial charge in [0.25, 0.3) is 15.8 Å². The van der Waals surface area contributed by atoms with Gasteiger partial charge in [0, 0.05) is 13.5 Å². The summed E-state index contributed by atoms with van der Waals surface area (Å²) in [7, 11) is -1.38. The molecule has 26 heavy (non-hydrogen) atoms. The normalized spacial score (nSPS) is 11.3. The molecule has 0 fully saturated rings. The van der Waals surface area contributed by atoms with Crippen molar-refractivity contribution in [2.45, 2.75) is 18.2 Å². The molecule has 2 aromatic rings. The maximum atomic E-state index is 12.2. The molecule has 0 unspecified atom stereocenters. The second kappa shape index (κ2) is 7.67. The zero-order chi connectivity index (χ0) is 19.5. The van der Waals surface area contributed by atoms with Gasteiger partial charge >= 0.3 is 5.97 Å². The number of rotatable bonds is 7. The third-order valence-corrected chi connectivity index (χ3v) is 5.07. The van der Waals surface area contributed by atoms with Gasteiger partial charge in [0.15, 0.2) is 0 Å². The van der Waals surface area contributed by atoms with Crippen LogP contribution in [-0.4, -0.2) is 37.6 Å². The molecule has 0 N–H and O–H groups in total. The average Bonchev–Trinajstić information content (AvgIpc) is 2.91. The molecular weight excluding hydrogens is 364 g/mol. The average molecular weight is 382 g/mol. The topological polar surface area (TPSA) is 118 Å². The molecule has 0 saturated heterocycles. The van der Waals surface area contributed by atoms with Crippen molar-refractivity contribution < 1.29 is 27.1 Å². The minimum atomic E-state index is -4.00. The smallest absolute Gasteiger partial charge is 0.355 e. The maximum Gasteiger partial charge on any atom is 0.355 e. The predicted octanol–water partition coefficient (Wildman–Crippen LogP) is 1.98. The summed E-state index contributed by atoms with van der Waals surface area (Å²) >= 11 is 0. The van der Waals surface area contributed by atoms with Gasteiger partial charge in [-0.05, 0) is 19.1 Å². The number of benzene rings is 1. The quantitative estimate of drug-likeness (QED) is 0.311. The molecule has 0 bridgehead atoms. The fourth-order valence-corrected chi connectivity index (χ4v) is 3.36. The Hall–Kier alpha value is -2.72. The van der Waals surface area contributed by atoms with Crippen molar-refractivity contribution in [3.63, 3.8) is 0 Å². The Balaban J connectivity index is 2.22. The van der Waals surface area contributed by atoms with Gasteiger partial charge in [-0.2, -0.15) is 8.42 Å². The lowest BCUT2D eigenvalue weighted by Crippen LogP contribution is -2.13. The highest BCUT2D eigenvalue weighted by Gasteiger charge is 2.28. The van der Waals surface area contributed by atoms with Crippen LogP contribution >= 0.6 is 0 Å². The number of hydrogen-bond acceptors (Lipinski definition) is 7. The highest BCUT2D eigenvalue weighted by molar-refractivity contribution is 7.86. The number of carbonyl (C=O) groups is 1. The zero-order valence-corrected chi connectivity index (χ0v) is 15.3. The molecule has 1 aromatic carbocycles. The summed E-state index contributed by atoms with van der Waals surface area (Å²) in [6, 6.07) is 6.09. The summed E-state index contributed by atoms with van der Waals surface area (Å²) in [6.45, 7) is 1.46. The van der Waals surface area contributed by atoms with E-state index in [1.165, 1.54) is 29.9 Å². The van der Waals surface area contributed by atoms with E-state index in [0.717, 1.165) is 12.7 Å². The number of ether oxygens (including phenoxy) is 1. The van der Waals surface area contributed by atoms with Crippen LogP contribution in [-0.2, 0) is 32.5 Å². The lowest BCUT2D eigenvalue weighted by Gasteiger charge is -2.07. The van der Waals surface area contributed by atoms with Crippen LogP contribution < -0.4 is 0 Å². The van der Waals surface area contributed by atoms with Crippen molar-refractivity contribution in [2.24, 2.45) is 7.05 Å². The maximum absolute atomic E-state index is 12.2. The Morgan fingerprint density at radius 2 is 1.88 bits per heavy atom. The molecule has 1 heterocycles. The summed E-state index contributed by atoms with van der Waals surface area (Å²) in [5, 5.41) is 11.2. The molecular formula is C16H18N2O7S. The molecule has 1 aromatic heterocycles. The van der Waals surface area contributed by atoms with E-state index in [4.69, 9.17) is 4.18 Å². The lowest BCUT2D eigenvalue weighted by atomic mass is 10.1. The Kier molecular flexibility index (Phi) is 5.78. The number of methoxy groups -OCH3 is 1. The zero-order valence-electron chi connectivity index (χ0n) is 14.5. The van der Waals surface area contributed by atoms with E-state index < -0.39 is 21.0 Å². The molecule has 0 aliphatic heterocycles. The Morgan fingerprint density at radius 1 is 1.27 bits per heavy atom. The van der Waals surface area contributed by atoms with E-state index in [2.05, 4.69) is 4.74 Å². The van der Waals surface area contributed by atoms with Gasteiger partial charge in [-0.15, -0.1) is 0 Å². The lowest BCUT2D eigenvalue weighted by molar-refractivity contribution is -0.385. The van der Waals surface area contributed by atoms with Crippen LogP contribution in [0.2, 0.25) is 0 Å². The van der Waals surface area contributed by atoms with Gasteiger partial charge in [0.05, 0.1) is 35.3 Å². The molecule has 2 rings (SSSR count). The van der Waals surface area contributed by atoms with Crippen LogP contribution in [0.3, 0.4) is 0 Å². The van der Waals surface area contributed by atoms with Crippen LogP contribution in [0.15, 0.2) is 35.4 Å². The summed E-state index contributed by atoms with van der Waals surface area (Å²) < 4.78 is 35.2. The van der Waals surface area contributed by atoms with Crippen molar-refractivity contribution in [1.82, 2.24) is 4.57 Å². The minimum absolute atomic E-state index is 0.0150. The number of aryl methyl sites for hydroxylation is 2. The van der Waals surface area contributed by atoms with Gasteiger partial charge in [-0.3, -0.25) is 14.3 Å². The number of nitro groups is 1. The summed E-state index contributed by atoms with van der Waals surface area (Å²) in [4.78, 5) is 22.4. The van der Waals surface area contributed by atoms with E-state index >= 15 is 0 Å². The standard InChI is InChI=1S/C16H18N2O7S/c1-11-4-6-12(7-5-11)26(22,23)25-9-8-13-14(18(20)21)10-17(2)15(13)16(19)24-3/h4-7,10H,8-9H2,1-3H3. The first-order valence-corrected chi connectivity index (χ1v) is 8.95. The van der Waals surface area contributed by atoms with Gasteiger partial charge in [0.1, 0.15) is 5.69 Å². The monoisotopic (exact) mass is 382 g/mol. The Morgan fingerprint density at radius 3 is 2.42 bits per heavy atom. The number of carbonyl (C=O) groups excluding carboxylic acids is 1. The van der Waals surface area contributed by atoms with Crippen molar-refractivity contribution in [3.05, 3.63) is 57.4 Å². The summed E-state index contributed by atoms with van der Waals surface area (Å²) in [5.74, 6) is -0.753. The predicted molar refractivity (Wildman–Crippen MR) is 91.4 cm³/mol. The van der Waals surface area contributed by atoms with Crippen LogP contribution in [0.1, 0.15) is 21.6 Å². The minimum Gasteiger partial charge on any atom is -0.464 e. The largest absolute Gasteiger partial charge is 0.464 e. The van der Waals surface area contributed by atoms with Crippen LogP contribution in [0.25, 0.3) is 0 Å². The molecule has 0 aliphatic rings. The fraction of sp³-hybridized carbons (Fsp3) is 0.312. The first-order chi connectivity index (χ1) is 12.2. The van der Waals surface area contributed by atoms with Crippen molar-refractivity contribution in [3.8, 4) is 0 Å². The molecule has 0 spiro atoms. The van der Waals surface area contributed by atoms with E-state index in [-0.39, 0.29) is 34.9 Å². The Labute approximate surface area is 150 Å². The van der Waals surface area contributed by atoms with Crippen molar-refractivity contribution in [2.75, 3.05) is 13.7 Å². The van der Waals surface area contributed by atoms with Crippen LogP contribution in [0.4, 0.5) is 5.69 Å². The summed E-state index contributed by atoms with van der Waals surface area (Å²) in [5.41, 5.74) is 0.634. The molecule has 140 valence electrons. The van der Waals surface area contributed by atoms with Gasteiger partial charge in [0.2, 0.25) is 0 Å². The number of esters is 1. The number of hydrogen-bond donors (Lipinski definition) is 0. The van der Waals surface area contributed by atoms with E-state index in [1.807, 2.05) is 6.92 Å². The molecule has 9 nitrogen and oxygen atoms in total. The van der Waals surface area contributed by atoms with Crippen LogP contribution in [0, 0.1) is 17.0 Å². The molecule has 0 saturated carbocycles. The first-order valence-electron chi connectivity index (χ1n) is 7.54. The highest BCUT2D eigenvalue weighted by Crippen LogP contribution is 2.26. The third-order valence-electron chi connectivity index (χ3n) is 3.74. The van der Waals surface area contributed by atoms with E-state index in [9.17, 15) is 23.3 Å². The van der Waals surface area contributed by atoms with Crippen LogP contribution in [0.5, 0.6) is 0 Å². The Bertz CT molecular complexity index is 930. The van der Waals surface area contributed by atoms with Crippen molar-refractivity contribution in [1.29, 1.82) is 0 Å². The molecule has 0 atom stereocenters. The second-order valence-electron chi connectivity index (χ2n) is 5.54. The highest BCUT2D eigenvalue weighted by atomic mass is 32.2. The number of nitrogens with zero attached hydrogens (tertiary/aromatic N) is 2. The third kappa shape index (κ3) is 4.09. The summed E-state index contributed by atoms with van der Waals surface area (Å²) in [6.07, 6.45) is 1.03. The molecule has 0 aliphatic carbocycles. The first kappa shape index (κ1) is 19.6. The fourth-order valence-electron chi connectivity index (χ4n) is 2.45. The van der Waals surface area contributed by atoms with Gasteiger partial charge < -0.3 is 9.30 Å². The molecule has 10 heteroatoms. The van der Waals surface area contributed by atoms with Gasteiger partial charge in [-0.25, -0.2) is 4.79 Å². The van der Waals surface area contributed by atoms with Crippen molar-refractivity contribution >= 4 is 21.8 Å².